The number of nitrogens with zero attached hydrogens (tertiary/aromatic N) is 1. The van der Waals surface area contributed by atoms with Gasteiger partial charge in [-0.2, -0.15) is 0 Å². The predicted octanol–water partition coefficient (Wildman–Crippen LogP) is 3.93. The number of nitrogen functional groups attached to an aromatic ring is 1. The van der Waals surface area contributed by atoms with Crippen LogP contribution in [0.2, 0.25) is 0 Å². The van der Waals surface area contributed by atoms with Crippen LogP contribution in [0, 0.1) is 0 Å². The Kier molecular flexibility index (Phi) is 2.27. The molecular formula is C17H13N3. The van der Waals surface area contributed by atoms with Gasteiger partial charge >= 0.3 is 0 Å². The van der Waals surface area contributed by atoms with Crippen LogP contribution >= 0.6 is 0 Å². The maximum Gasteiger partial charge on any atom is 0.138 e. The zero-order valence-electron chi connectivity index (χ0n) is 10.8. The van der Waals surface area contributed by atoms with Crippen molar-refractivity contribution in [3.05, 3.63) is 66.2 Å². The van der Waals surface area contributed by atoms with Crippen molar-refractivity contribution in [2.45, 2.75) is 0 Å². The molecule has 0 unspecified atom stereocenters. The van der Waals surface area contributed by atoms with Crippen LogP contribution in [0.3, 0.4) is 0 Å². The highest BCUT2D eigenvalue weighted by atomic mass is 15.0. The van der Waals surface area contributed by atoms with Gasteiger partial charge in [-0.25, -0.2) is 4.99 Å². The van der Waals surface area contributed by atoms with E-state index in [1.165, 1.54) is 0 Å². The molecule has 0 fully saturated rings. The molecule has 3 nitrogen and oxygen atoms in total. The van der Waals surface area contributed by atoms with Crippen LogP contribution in [0.5, 0.6) is 0 Å². The number of benzene rings is 3. The standard InChI is InChI=1S/C17H13N3/c18-13-9-10-15-16-12(13)7-4-8-14(16)19-17(20-15)11-5-2-1-3-6-11/h1-10H,18H2,(H,19,20). The Morgan fingerprint density at radius 3 is 2.55 bits per heavy atom. The van der Waals surface area contributed by atoms with Crippen molar-refractivity contribution in [2.24, 2.45) is 4.99 Å². The molecule has 96 valence electrons. The molecule has 1 heterocycles. The summed E-state index contributed by atoms with van der Waals surface area (Å²) in [7, 11) is 0. The van der Waals surface area contributed by atoms with Gasteiger partial charge in [-0.3, -0.25) is 0 Å². The molecule has 0 aromatic heterocycles. The summed E-state index contributed by atoms with van der Waals surface area (Å²) in [5, 5.41) is 5.53. The molecule has 0 bridgehead atoms. The maximum atomic E-state index is 6.04. The highest BCUT2D eigenvalue weighted by Crippen LogP contribution is 2.38. The molecule has 3 N–H and O–H groups in total. The zero-order valence-corrected chi connectivity index (χ0v) is 10.8. The lowest BCUT2D eigenvalue weighted by Crippen LogP contribution is -2.16. The summed E-state index contributed by atoms with van der Waals surface area (Å²) in [6.07, 6.45) is 0. The Labute approximate surface area is 116 Å². The van der Waals surface area contributed by atoms with Gasteiger partial charge in [-0.05, 0) is 18.2 Å². The average molecular weight is 259 g/mol. The minimum absolute atomic E-state index is 0.783. The third kappa shape index (κ3) is 1.57. The molecule has 3 aromatic rings. The first-order valence-electron chi connectivity index (χ1n) is 6.55. The van der Waals surface area contributed by atoms with Crippen LogP contribution in [-0.4, -0.2) is 5.84 Å². The van der Waals surface area contributed by atoms with E-state index in [1.54, 1.807) is 0 Å². The second-order valence-electron chi connectivity index (χ2n) is 4.85. The Bertz CT molecular complexity index is 835. The second kappa shape index (κ2) is 4.10. The lowest BCUT2D eigenvalue weighted by atomic mass is 10.0. The van der Waals surface area contributed by atoms with Crippen molar-refractivity contribution in [3.8, 4) is 0 Å². The summed E-state index contributed by atoms with van der Waals surface area (Å²) in [4.78, 5) is 4.72. The van der Waals surface area contributed by atoms with Crippen molar-refractivity contribution in [2.75, 3.05) is 11.1 Å². The van der Waals surface area contributed by atoms with Gasteiger partial charge in [0, 0.05) is 27.7 Å². The third-order valence-electron chi connectivity index (χ3n) is 3.58. The molecule has 0 atom stereocenters. The minimum atomic E-state index is 0.783. The van der Waals surface area contributed by atoms with E-state index in [0.717, 1.165) is 39.2 Å². The first kappa shape index (κ1) is 11.1. The first-order valence-corrected chi connectivity index (χ1v) is 6.55. The first-order chi connectivity index (χ1) is 9.83. The fraction of sp³-hybridized carbons (Fsp3) is 0. The van der Waals surface area contributed by atoms with E-state index in [0.29, 0.717) is 0 Å². The van der Waals surface area contributed by atoms with E-state index in [1.807, 2.05) is 54.6 Å². The molecule has 1 aliphatic heterocycles. The molecule has 0 spiro atoms. The molecule has 0 radical (unpaired) electrons. The van der Waals surface area contributed by atoms with Crippen LogP contribution in [-0.2, 0) is 0 Å². The van der Waals surface area contributed by atoms with Crippen LogP contribution < -0.4 is 11.1 Å². The lowest BCUT2D eigenvalue weighted by molar-refractivity contribution is 1.46. The van der Waals surface area contributed by atoms with Gasteiger partial charge < -0.3 is 11.1 Å². The van der Waals surface area contributed by atoms with E-state index >= 15 is 0 Å². The summed E-state index contributed by atoms with van der Waals surface area (Å²) in [5.41, 5.74) is 9.92. The van der Waals surface area contributed by atoms with E-state index < -0.39 is 0 Å². The topological polar surface area (TPSA) is 50.4 Å². The minimum Gasteiger partial charge on any atom is -0.398 e. The molecular weight excluding hydrogens is 246 g/mol. The van der Waals surface area contributed by atoms with Crippen molar-refractivity contribution in [1.29, 1.82) is 0 Å². The van der Waals surface area contributed by atoms with Crippen LogP contribution in [0.25, 0.3) is 10.8 Å². The summed E-state index contributed by atoms with van der Waals surface area (Å²) < 4.78 is 0. The quantitative estimate of drug-likeness (QED) is 0.651. The zero-order chi connectivity index (χ0) is 13.5. The summed E-state index contributed by atoms with van der Waals surface area (Å²) >= 11 is 0. The van der Waals surface area contributed by atoms with E-state index in [4.69, 9.17) is 10.7 Å². The second-order valence-corrected chi connectivity index (χ2v) is 4.85. The maximum absolute atomic E-state index is 6.04. The molecule has 3 aromatic carbocycles. The van der Waals surface area contributed by atoms with E-state index in [9.17, 15) is 0 Å². The largest absolute Gasteiger partial charge is 0.398 e. The number of nitrogens with one attached hydrogen (secondary N) is 1. The van der Waals surface area contributed by atoms with Crippen molar-refractivity contribution in [1.82, 2.24) is 0 Å². The number of rotatable bonds is 1. The van der Waals surface area contributed by atoms with Gasteiger partial charge in [0.1, 0.15) is 5.84 Å². The highest BCUT2D eigenvalue weighted by Gasteiger charge is 2.16. The van der Waals surface area contributed by atoms with Crippen LogP contribution in [0.4, 0.5) is 17.1 Å². The Balaban J connectivity index is 1.98. The normalized spacial score (nSPS) is 12.9. The molecule has 4 rings (SSSR count). The number of amidine groups is 1. The van der Waals surface area contributed by atoms with Crippen molar-refractivity contribution < 1.29 is 0 Å². The molecule has 0 saturated heterocycles. The third-order valence-corrected chi connectivity index (χ3v) is 3.58. The number of aliphatic imine (C=N–C) groups is 1. The van der Waals surface area contributed by atoms with E-state index in [2.05, 4.69) is 11.4 Å². The molecule has 3 heteroatoms. The summed E-state index contributed by atoms with van der Waals surface area (Å²) in [6.45, 7) is 0. The lowest BCUT2D eigenvalue weighted by Gasteiger charge is -2.19. The predicted molar refractivity (Wildman–Crippen MR) is 84.6 cm³/mol. The van der Waals surface area contributed by atoms with Gasteiger partial charge in [0.25, 0.3) is 0 Å². The smallest absolute Gasteiger partial charge is 0.138 e. The molecule has 0 aliphatic carbocycles. The van der Waals surface area contributed by atoms with Crippen molar-refractivity contribution in [3.63, 3.8) is 0 Å². The summed E-state index contributed by atoms with van der Waals surface area (Å²) in [6, 6.07) is 20.1. The number of hydrogen-bond donors (Lipinski definition) is 2. The van der Waals surface area contributed by atoms with Gasteiger partial charge in [0.05, 0.1) is 5.69 Å². The number of hydrogen-bond acceptors (Lipinski definition) is 3. The molecule has 20 heavy (non-hydrogen) atoms. The Morgan fingerprint density at radius 2 is 1.70 bits per heavy atom. The van der Waals surface area contributed by atoms with Gasteiger partial charge in [-0.1, -0.05) is 42.5 Å². The highest BCUT2D eigenvalue weighted by molar-refractivity contribution is 6.20. The monoisotopic (exact) mass is 259 g/mol. The fourth-order valence-corrected chi connectivity index (χ4v) is 2.62. The average Bonchev–Trinajstić information content (AvgIpc) is 2.51. The van der Waals surface area contributed by atoms with Crippen molar-refractivity contribution >= 4 is 33.7 Å². The van der Waals surface area contributed by atoms with Gasteiger partial charge in [0.2, 0.25) is 0 Å². The van der Waals surface area contributed by atoms with E-state index in [-0.39, 0.29) is 0 Å². The number of anilines is 2. The Hall–Kier alpha value is -2.81. The molecule has 1 aliphatic rings. The van der Waals surface area contributed by atoms with Crippen LogP contribution in [0.15, 0.2) is 65.7 Å². The fourth-order valence-electron chi connectivity index (χ4n) is 2.62. The summed E-state index contributed by atoms with van der Waals surface area (Å²) in [5.74, 6) is 0.871. The molecule has 0 saturated carbocycles. The van der Waals surface area contributed by atoms with Gasteiger partial charge in [0.15, 0.2) is 0 Å². The van der Waals surface area contributed by atoms with Gasteiger partial charge in [-0.15, -0.1) is 0 Å². The number of nitrogens with two attached hydrogens (primary N) is 1. The SMILES string of the molecule is Nc1ccc2c3c(cccc13)NC(c1ccccc1)=N2. The van der Waals surface area contributed by atoms with Crippen LogP contribution in [0.1, 0.15) is 5.56 Å². The molecule has 0 amide bonds. The Morgan fingerprint density at radius 1 is 0.850 bits per heavy atom.